The molecule has 1 saturated carbocycles. The molecule has 1 aromatic heterocycles. The molecule has 3 nitrogen and oxygen atoms in total. The summed E-state index contributed by atoms with van der Waals surface area (Å²) in [6.45, 7) is 11.3. The molecule has 1 aliphatic carbocycles. The molecular weight excluding hydrogens is 519 g/mol. The van der Waals surface area contributed by atoms with E-state index in [9.17, 15) is 0 Å². The summed E-state index contributed by atoms with van der Waals surface area (Å²) >= 11 is 14.5. The molecule has 0 amide bonds. The first-order valence-electron chi connectivity index (χ1n) is 14.2. The Kier molecular flexibility index (Phi) is 9.71. The highest BCUT2D eigenvalue weighted by atomic mass is 35.5. The SMILES string of the molecule is C=CCOC1(CC2CCN(CC3CN(Cc4ccc(Cl)cc4Cl)CC3c3ccsc3)CC2)CCCCC1. The Morgan fingerprint density at radius 1 is 1.05 bits per heavy atom. The van der Waals surface area contributed by atoms with Crippen LogP contribution in [-0.4, -0.2) is 54.7 Å². The summed E-state index contributed by atoms with van der Waals surface area (Å²) in [5, 5.41) is 6.06. The van der Waals surface area contributed by atoms with Crippen molar-refractivity contribution in [2.75, 3.05) is 39.3 Å². The third-order valence-electron chi connectivity index (χ3n) is 9.03. The highest BCUT2D eigenvalue weighted by Crippen LogP contribution is 2.40. The molecule has 2 aliphatic heterocycles. The topological polar surface area (TPSA) is 15.7 Å². The minimum atomic E-state index is 0.109. The van der Waals surface area contributed by atoms with E-state index in [1.165, 1.54) is 82.1 Å². The highest BCUT2D eigenvalue weighted by Gasteiger charge is 2.38. The van der Waals surface area contributed by atoms with Gasteiger partial charge in [-0.3, -0.25) is 4.90 Å². The molecule has 0 N–H and O–H groups in total. The second-order valence-corrected chi connectivity index (χ2v) is 13.3. The molecule has 0 bridgehead atoms. The van der Waals surface area contributed by atoms with Crippen LogP contribution < -0.4 is 0 Å². The van der Waals surface area contributed by atoms with E-state index in [4.69, 9.17) is 27.9 Å². The maximum atomic E-state index is 6.53. The minimum absolute atomic E-state index is 0.109. The van der Waals surface area contributed by atoms with Crippen molar-refractivity contribution in [1.29, 1.82) is 0 Å². The highest BCUT2D eigenvalue weighted by molar-refractivity contribution is 7.08. The van der Waals surface area contributed by atoms with Crippen LogP contribution >= 0.6 is 34.5 Å². The van der Waals surface area contributed by atoms with Crippen molar-refractivity contribution < 1.29 is 4.74 Å². The van der Waals surface area contributed by atoms with Crippen LogP contribution in [0.1, 0.15) is 68.4 Å². The second-order valence-electron chi connectivity index (χ2n) is 11.6. The summed E-state index contributed by atoms with van der Waals surface area (Å²) in [5.74, 6) is 2.03. The number of benzene rings is 1. The predicted octanol–water partition coefficient (Wildman–Crippen LogP) is 8.28. The van der Waals surface area contributed by atoms with Gasteiger partial charge in [-0.25, -0.2) is 0 Å². The number of piperidine rings is 1. The van der Waals surface area contributed by atoms with Crippen LogP contribution in [0.15, 0.2) is 47.7 Å². The molecule has 6 heteroatoms. The Morgan fingerprint density at radius 2 is 1.86 bits per heavy atom. The largest absolute Gasteiger partial charge is 0.371 e. The zero-order valence-corrected chi connectivity index (χ0v) is 24.4. The average molecular weight is 562 g/mol. The summed E-state index contributed by atoms with van der Waals surface area (Å²) in [4.78, 5) is 5.34. The van der Waals surface area contributed by atoms with Gasteiger partial charge in [0, 0.05) is 42.1 Å². The lowest BCUT2D eigenvalue weighted by atomic mass is 9.76. The van der Waals surface area contributed by atoms with Crippen LogP contribution in [-0.2, 0) is 11.3 Å². The molecule has 37 heavy (non-hydrogen) atoms. The molecule has 0 radical (unpaired) electrons. The van der Waals surface area contributed by atoms with Gasteiger partial charge in [0.2, 0.25) is 0 Å². The third kappa shape index (κ3) is 7.21. The van der Waals surface area contributed by atoms with Crippen molar-refractivity contribution in [2.45, 2.75) is 69.4 Å². The number of hydrogen-bond acceptors (Lipinski definition) is 4. The van der Waals surface area contributed by atoms with Gasteiger partial charge in [-0.05, 0) is 97.1 Å². The maximum absolute atomic E-state index is 6.53. The molecule has 2 atom stereocenters. The molecule has 3 heterocycles. The van der Waals surface area contributed by atoms with E-state index in [-0.39, 0.29) is 5.60 Å². The Labute approximate surface area is 237 Å². The number of likely N-dealkylation sites (tertiary alicyclic amines) is 2. The smallest absolute Gasteiger partial charge is 0.0689 e. The van der Waals surface area contributed by atoms with Gasteiger partial charge >= 0.3 is 0 Å². The van der Waals surface area contributed by atoms with E-state index in [0.717, 1.165) is 30.6 Å². The van der Waals surface area contributed by atoms with Crippen LogP contribution in [0.5, 0.6) is 0 Å². The summed E-state index contributed by atoms with van der Waals surface area (Å²) in [5.41, 5.74) is 2.79. The summed E-state index contributed by atoms with van der Waals surface area (Å²) < 4.78 is 6.43. The Balaban J connectivity index is 1.17. The van der Waals surface area contributed by atoms with E-state index in [1.54, 1.807) is 0 Å². The zero-order valence-electron chi connectivity index (χ0n) is 22.1. The first-order valence-corrected chi connectivity index (χ1v) is 15.9. The van der Waals surface area contributed by atoms with Gasteiger partial charge < -0.3 is 9.64 Å². The first kappa shape index (κ1) is 27.7. The maximum Gasteiger partial charge on any atom is 0.0689 e. The second kappa shape index (κ2) is 13.0. The van der Waals surface area contributed by atoms with Gasteiger partial charge in [-0.15, -0.1) is 6.58 Å². The standard InChI is InChI=1S/C31H42Cl2N2OS/c1-2-15-36-31(11-4-3-5-12-31)18-24-8-13-34(14-9-24)20-27-21-35(22-29(27)26-10-16-37-23-26)19-25-6-7-28(32)17-30(25)33/h2,6-7,10,16-17,23-24,27,29H,1,3-5,8-9,11-15,18-22H2. The number of hydrogen-bond donors (Lipinski definition) is 0. The molecule has 2 saturated heterocycles. The fourth-order valence-corrected chi connectivity index (χ4v) is 8.29. The molecule has 1 aromatic carbocycles. The van der Waals surface area contributed by atoms with Crippen molar-refractivity contribution in [3.63, 3.8) is 0 Å². The lowest BCUT2D eigenvalue weighted by molar-refractivity contribution is -0.0778. The van der Waals surface area contributed by atoms with Crippen molar-refractivity contribution >= 4 is 34.5 Å². The molecule has 2 aromatic rings. The molecular formula is C31H42Cl2N2OS. The van der Waals surface area contributed by atoms with Gasteiger partial charge in [-0.1, -0.05) is 54.6 Å². The Morgan fingerprint density at radius 3 is 2.57 bits per heavy atom. The molecule has 0 spiro atoms. The third-order valence-corrected chi connectivity index (χ3v) is 10.3. The van der Waals surface area contributed by atoms with Crippen LogP contribution in [0.25, 0.3) is 0 Å². The van der Waals surface area contributed by atoms with Crippen LogP contribution in [0.3, 0.4) is 0 Å². The van der Waals surface area contributed by atoms with Crippen LogP contribution in [0.2, 0.25) is 10.0 Å². The summed E-state index contributed by atoms with van der Waals surface area (Å²) in [6, 6.07) is 8.24. The number of halogens is 2. The van der Waals surface area contributed by atoms with E-state index >= 15 is 0 Å². The lowest BCUT2D eigenvalue weighted by Gasteiger charge is -2.42. The van der Waals surface area contributed by atoms with E-state index < -0.39 is 0 Å². The fourth-order valence-electron chi connectivity index (χ4n) is 7.10. The number of thiophene rings is 1. The number of ether oxygens (including phenoxy) is 1. The van der Waals surface area contributed by atoms with Gasteiger partial charge in [0.1, 0.15) is 0 Å². The fraction of sp³-hybridized carbons (Fsp3) is 0.613. The van der Waals surface area contributed by atoms with Gasteiger partial charge in [0.15, 0.2) is 0 Å². The summed E-state index contributed by atoms with van der Waals surface area (Å²) in [6.07, 6.45) is 12.3. The van der Waals surface area contributed by atoms with Crippen LogP contribution in [0.4, 0.5) is 0 Å². The first-order chi connectivity index (χ1) is 18.0. The Bertz CT molecular complexity index is 999. The van der Waals surface area contributed by atoms with Crippen LogP contribution in [0, 0.1) is 11.8 Å². The molecule has 3 aliphatic rings. The minimum Gasteiger partial charge on any atom is -0.371 e. The molecule has 5 rings (SSSR count). The quantitative estimate of drug-likeness (QED) is 0.272. The molecule has 202 valence electrons. The van der Waals surface area contributed by atoms with Crippen molar-refractivity contribution in [3.05, 3.63) is 68.9 Å². The lowest BCUT2D eigenvalue weighted by Crippen LogP contribution is -2.42. The number of nitrogens with zero attached hydrogens (tertiary/aromatic N) is 2. The zero-order chi connectivity index (χ0) is 25.7. The van der Waals surface area contributed by atoms with E-state index in [2.05, 4.69) is 39.3 Å². The van der Waals surface area contributed by atoms with Gasteiger partial charge in [-0.2, -0.15) is 11.3 Å². The monoisotopic (exact) mass is 560 g/mol. The van der Waals surface area contributed by atoms with Crippen molar-refractivity contribution in [3.8, 4) is 0 Å². The Hall–Kier alpha value is -0.880. The van der Waals surface area contributed by atoms with E-state index in [1.807, 2.05) is 29.5 Å². The summed E-state index contributed by atoms with van der Waals surface area (Å²) in [7, 11) is 0. The van der Waals surface area contributed by atoms with Gasteiger partial charge in [0.05, 0.1) is 12.2 Å². The predicted molar refractivity (Wildman–Crippen MR) is 158 cm³/mol. The molecule has 2 unspecified atom stereocenters. The van der Waals surface area contributed by atoms with E-state index in [0.29, 0.717) is 23.5 Å². The molecule has 3 fully saturated rings. The van der Waals surface area contributed by atoms with Crippen molar-refractivity contribution in [1.82, 2.24) is 9.80 Å². The van der Waals surface area contributed by atoms with Crippen molar-refractivity contribution in [2.24, 2.45) is 11.8 Å². The number of rotatable bonds is 10. The van der Waals surface area contributed by atoms with Gasteiger partial charge in [0.25, 0.3) is 0 Å². The normalized spacial score (nSPS) is 25.5. The average Bonchev–Trinajstić information content (AvgIpc) is 3.56.